The number of benzene rings is 2. The minimum atomic E-state index is -3.74. The van der Waals surface area contributed by atoms with Gasteiger partial charge >= 0.3 is 0 Å². The number of halogens is 1. The Labute approximate surface area is 151 Å². The summed E-state index contributed by atoms with van der Waals surface area (Å²) >= 11 is 7.62. The first-order valence-corrected chi connectivity index (χ1v) is 9.94. The van der Waals surface area contributed by atoms with Gasteiger partial charge in [-0.25, -0.2) is 8.42 Å². The van der Waals surface area contributed by atoms with Crippen molar-refractivity contribution in [1.29, 1.82) is 0 Å². The lowest BCUT2D eigenvalue weighted by atomic mass is 10.2. The van der Waals surface area contributed by atoms with Crippen LogP contribution in [0.2, 0.25) is 5.02 Å². The van der Waals surface area contributed by atoms with E-state index in [9.17, 15) is 8.42 Å². The van der Waals surface area contributed by atoms with E-state index in [0.29, 0.717) is 22.2 Å². The van der Waals surface area contributed by atoms with E-state index in [0.717, 1.165) is 9.20 Å². The van der Waals surface area contributed by atoms with Gasteiger partial charge in [0.2, 0.25) is 0 Å². The second-order valence-corrected chi connectivity index (χ2v) is 8.06. The van der Waals surface area contributed by atoms with E-state index in [1.54, 1.807) is 36.0 Å². The SMILES string of the molecule is COc1cc(N(C)S(=O)(=O)c2ccc(SC)cc2)c(OC)cc1Cl. The molecule has 0 fully saturated rings. The monoisotopic (exact) mass is 387 g/mol. The number of anilines is 1. The van der Waals surface area contributed by atoms with Gasteiger partial charge in [-0.3, -0.25) is 4.31 Å². The number of rotatable bonds is 6. The average Bonchev–Trinajstić information content (AvgIpc) is 2.60. The Hall–Kier alpha value is -1.57. The Morgan fingerprint density at radius 2 is 1.62 bits per heavy atom. The van der Waals surface area contributed by atoms with Crippen LogP contribution in [-0.2, 0) is 10.0 Å². The fraction of sp³-hybridized carbons (Fsp3) is 0.250. The minimum absolute atomic E-state index is 0.193. The summed E-state index contributed by atoms with van der Waals surface area (Å²) < 4.78 is 37.3. The quantitative estimate of drug-likeness (QED) is 0.703. The van der Waals surface area contributed by atoms with Gasteiger partial charge in [0.1, 0.15) is 11.5 Å². The number of nitrogens with zero attached hydrogens (tertiary/aromatic N) is 1. The van der Waals surface area contributed by atoms with Crippen molar-refractivity contribution in [1.82, 2.24) is 0 Å². The Kier molecular flexibility index (Phi) is 5.90. The number of methoxy groups -OCH3 is 2. The van der Waals surface area contributed by atoms with Crippen molar-refractivity contribution in [3.63, 3.8) is 0 Å². The zero-order valence-corrected chi connectivity index (χ0v) is 16.1. The highest BCUT2D eigenvalue weighted by Gasteiger charge is 2.25. The molecule has 0 bridgehead atoms. The van der Waals surface area contributed by atoms with Crippen molar-refractivity contribution in [2.24, 2.45) is 0 Å². The molecule has 0 atom stereocenters. The largest absolute Gasteiger partial charge is 0.495 e. The summed E-state index contributed by atoms with van der Waals surface area (Å²) in [4.78, 5) is 1.18. The number of hydrogen-bond donors (Lipinski definition) is 0. The van der Waals surface area contributed by atoms with Crippen molar-refractivity contribution in [2.45, 2.75) is 9.79 Å². The summed E-state index contributed by atoms with van der Waals surface area (Å²) in [6.07, 6.45) is 1.93. The summed E-state index contributed by atoms with van der Waals surface area (Å²) in [7, 11) is 0.638. The van der Waals surface area contributed by atoms with Gasteiger partial charge in [0.05, 0.1) is 29.8 Å². The van der Waals surface area contributed by atoms with Crippen molar-refractivity contribution >= 4 is 39.1 Å². The van der Waals surface area contributed by atoms with Crippen LogP contribution in [0.1, 0.15) is 0 Å². The molecular weight excluding hydrogens is 370 g/mol. The van der Waals surface area contributed by atoms with Gasteiger partial charge < -0.3 is 9.47 Å². The molecule has 130 valence electrons. The van der Waals surface area contributed by atoms with Crippen LogP contribution in [0.15, 0.2) is 46.2 Å². The van der Waals surface area contributed by atoms with Gasteiger partial charge in [0.25, 0.3) is 10.0 Å². The van der Waals surface area contributed by atoms with Crippen molar-refractivity contribution in [3.05, 3.63) is 41.4 Å². The van der Waals surface area contributed by atoms with Crippen LogP contribution in [0.3, 0.4) is 0 Å². The smallest absolute Gasteiger partial charge is 0.264 e. The fourth-order valence-corrected chi connectivity index (χ4v) is 3.96. The van der Waals surface area contributed by atoms with Gasteiger partial charge in [-0.15, -0.1) is 11.8 Å². The molecule has 0 heterocycles. The van der Waals surface area contributed by atoms with Crippen LogP contribution in [0, 0.1) is 0 Å². The molecular formula is C16H18ClNO4S2. The lowest BCUT2D eigenvalue weighted by molar-refractivity contribution is 0.404. The lowest BCUT2D eigenvalue weighted by Crippen LogP contribution is -2.27. The van der Waals surface area contributed by atoms with E-state index >= 15 is 0 Å². The fourth-order valence-electron chi connectivity index (χ4n) is 2.13. The molecule has 0 aromatic heterocycles. The highest BCUT2D eigenvalue weighted by molar-refractivity contribution is 7.98. The van der Waals surface area contributed by atoms with E-state index < -0.39 is 10.0 Å². The van der Waals surface area contributed by atoms with Crippen LogP contribution in [0.4, 0.5) is 5.69 Å². The summed E-state index contributed by atoms with van der Waals surface area (Å²) in [6.45, 7) is 0. The molecule has 0 saturated heterocycles. The summed E-state index contributed by atoms with van der Waals surface area (Å²) in [6, 6.07) is 9.76. The van der Waals surface area contributed by atoms with Crippen molar-refractivity contribution < 1.29 is 17.9 Å². The summed E-state index contributed by atoms with van der Waals surface area (Å²) in [5.74, 6) is 0.708. The first kappa shape index (κ1) is 18.8. The highest BCUT2D eigenvalue weighted by atomic mass is 35.5. The van der Waals surface area contributed by atoms with Crippen molar-refractivity contribution in [2.75, 3.05) is 31.8 Å². The maximum absolute atomic E-state index is 12.9. The molecule has 0 radical (unpaired) electrons. The molecule has 0 saturated carbocycles. The van der Waals surface area contributed by atoms with Crippen LogP contribution in [0.25, 0.3) is 0 Å². The van der Waals surface area contributed by atoms with Gasteiger partial charge in [-0.1, -0.05) is 11.6 Å². The van der Waals surface area contributed by atoms with E-state index in [4.69, 9.17) is 21.1 Å². The van der Waals surface area contributed by atoms with E-state index in [2.05, 4.69) is 0 Å². The molecule has 0 N–H and O–H groups in total. The van der Waals surface area contributed by atoms with Gasteiger partial charge in [-0.2, -0.15) is 0 Å². The standard InChI is InChI=1S/C16H18ClNO4S2/c1-18(14-10-15(21-2)13(17)9-16(14)22-3)24(19,20)12-7-5-11(23-4)6-8-12/h5-10H,1-4H3. The second-order valence-electron chi connectivity index (χ2n) is 4.81. The topological polar surface area (TPSA) is 55.8 Å². The predicted molar refractivity (Wildman–Crippen MR) is 98.4 cm³/mol. The Bertz CT molecular complexity index is 823. The molecule has 0 aliphatic rings. The highest BCUT2D eigenvalue weighted by Crippen LogP contribution is 2.39. The second kappa shape index (κ2) is 7.55. The van der Waals surface area contributed by atoms with Crippen LogP contribution in [0.5, 0.6) is 11.5 Å². The summed E-state index contributed by atoms with van der Waals surface area (Å²) in [5.41, 5.74) is 0.340. The molecule has 24 heavy (non-hydrogen) atoms. The number of ether oxygens (including phenoxy) is 2. The third-order valence-electron chi connectivity index (χ3n) is 3.51. The lowest BCUT2D eigenvalue weighted by Gasteiger charge is -2.22. The Morgan fingerprint density at radius 1 is 1.04 bits per heavy atom. The van der Waals surface area contributed by atoms with Crippen LogP contribution >= 0.6 is 23.4 Å². The molecule has 8 heteroatoms. The average molecular weight is 388 g/mol. The zero-order valence-electron chi connectivity index (χ0n) is 13.7. The van der Waals surface area contributed by atoms with Gasteiger partial charge in [-0.05, 0) is 30.5 Å². The van der Waals surface area contributed by atoms with Crippen LogP contribution < -0.4 is 13.8 Å². The summed E-state index contributed by atoms with van der Waals surface area (Å²) in [5, 5.41) is 0.341. The molecule has 2 aromatic carbocycles. The van der Waals surface area contributed by atoms with E-state index in [1.165, 1.54) is 33.4 Å². The Morgan fingerprint density at radius 3 is 2.12 bits per heavy atom. The minimum Gasteiger partial charge on any atom is -0.495 e. The molecule has 2 aromatic rings. The molecule has 0 spiro atoms. The molecule has 0 aliphatic carbocycles. The molecule has 0 amide bonds. The zero-order chi connectivity index (χ0) is 17.9. The number of sulfonamides is 1. The van der Waals surface area contributed by atoms with E-state index in [-0.39, 0.29) is 4.90 Å². The predicted octanol–water partition coefficient (Wildman–Crippen LogP) is 3.90. The maximum Gasteiger partial charge on any atom is 0.264 e. The first-order valence-electron chi connectivity index (χ1n) is 6.89. The molecule has 5 nitrogen and oxygen atoms in total. The first-order chi connectivity index (χ1) is 11.3. The normalized spacial score (nSPS) is 11.2. The number of hydrogen-bond acceptors (Lipinski definition) is 5. The Balaban J connectivity index is 2.51. The molecule has 0 unspecified atom stereocenters. The van der Waals surface area contributed by atoms with Gasteiger partial charge in [0, 0.05) is 24.1 Å². The third kappa shape index (κ3) is 3.58. The molecule has 0 aliphatic heterocycles. The van der Waals surface area contributed by atoms with Crippen LogP contribution in [-0.4, -0.2) is 35.9 Å². The molecule has 2 rings (SSSR count). The number of thioether (sulfide) groups is 1. The van der Waals surface area contributed by atoms with Crippen molar-refractivity contribution in [3.8, 4) is 11.5 Å². The van der Waals surface area contributed by atoms with E-state index in [1.807, 2.05) is 6.26 Å². The van der Waals surface area contributed by atoms with Gasteiger partial charge in [0.15, 0.2) is 0 Å². The maximum atomic E-state index is 12.9. The third-order valence-corrected chi connectivity index (χ3v) is 6.33.